The second-order valence-corrected chi connectivity index (χ2v) is 5.64. The molecule has 1 saturated heterocycles. The smallest absolute Gasteiger partial charge is 0.227 e. The Kier molecular flexibility index (Phi) is 3.42. The number of amides is 1. The van der Waals surface area contributed by atoms with Crippen molar-refractivity contribution in [1.82, 2.24) is 0 Å². The zero-order chi connectivity index (χ0) is 13.4. The highest BCUT2D eigenvalue weighted by atomic mass is 35.5. The molecular formula is C15H14ClNOS. The van der Waals surface area contributed by atoms with Crippen LogP contribution in [0.25, 0.3) is 10.8 Å². The van der Waals surface area contributed by atoms with E-state index in [9.17, 15) is 4.79 Å². The monoisotopic (exact) mass is 291 g/mol. The van der Waals surface area contributed by atoms with E-state index in [0.29, 0.717) is 17.4 Å². The van der Waals surface area contributed by atoms with Gasteiger partial charge in [0.05, 0.1) is 10.7 Å². The van der Waals surface area contributed by atoms with Crippen LogP contribution >= 0.6 is 24.2 Å². The summed E-state index contributed by atoms with van der Waals surface area (Å²) >= 11 is 10.6. The number of benzene rings is 2. The van der Waals surface area contributed by atoms with E-state index in [-0.39, 0.29) is 5.91 Å². The SMILES string of the molecule is O=C1CC(CS)CN1c1cccc2cccc(Cl)c12. The first-order valence-electron chi connectivity index (χ1n) is 6.29. The summed E-state index contributed by atoms with van der Waals surface area (Å²) in [6.45, 7) is 0.729. The molecule has 1 atom stereocenters. The lowest BCUT2D eigenvalue weighted by Gasteiger charge is -2.19. The van der Waals surface area contributed by atoms with Gasteiger partial charge in [-0.2, -0.15) is 12.6 Å². The lowest BCUT2D eigenvalue weighted by Crippen LogP contribution is -2.24. The van der Waals surface area contributed by atoms with Gasteiger partial charge in [-0.05, 0) is 29.2 Å². The van der Waals surface area contributed by atoms with E-state index in [1.54, 1.807) is 0 Å². The number of rotatable bonds is 2. The van der Waals surface area contributed by atoms with Crippen molar-refractivity contribution in [3.05, 3.63) is 41.4 Å². The molecule has 0 aromatic heterocycles. The Labute approximate surface area is 122 Å². The third kappa shape index (κ3) is 2.21. The molecule has 0 saturated carbocycles. The Morgan fingerprint density at radius 1 is 1.26 bits per heavy atom. The maximum atomic E-state index is 12.1. The Balaban J connectivity index is 2.13. The summed E-state index contributed by atoms with van der Waals surface area (Å²) in [5.74, 6) is 1.22. The van der Waals surface area contributed by atoms with Crippen LogP contribution in [-0.2, 0) is 4.79 Å². The van der Waals surface area contributed by atoms with Crippen LogP contribution in [0, 0.1) is 5.92 Å². The minimum absolute atomic E-state index is 0.159. The summed E-state index contributed by atoms with van der Waals surface area (Å²) in [4.78, 5) is 14.0. The highest BCUT2D eigenvalue weighted by Gasteiger charge is 2.30. The van der Waals surface area contributed by atoms with Crippen LogP contribution in [0.1, 0.15) is 6.42 Å². The molecule has 2 nitrogen and oxygen atoms in total. The topological polar surface area (TPSA) is 20.3 Å². The molecule has 98 valence electrons. The molecule has 1 aliphatic rings. The first-order valence-corrected chi connectivity index (χ1v) is 7.30. The van der Waals surface area contributed by atoms with Crippen molar-refractivity contribution in [2.75, 3.05) is 17.2 Å². The van der Waals surface area contributed by atoms with Gasteiger partial charge in [0.1, 0.15) is 0 Å². The van der Waals surface area contributed by atoms with E-state index in [4.69, 9.17) is 11.6 Å². The average molecular weight is 292 g/mol. The molecule has 0 spiro atoms. The molecule has 4 heteroatoms. The number of carbonyl (C=O) groups is 1. The Morgan fingerprint density at radius 3 is 2.68 bits per heavy atom. The Bertz CT molecular complexity index is 638. The fourth-order valence-electron chi connectivity index (χ4n) is 2.64. The summed E-state index contributed by atoms with van der Waals surface area (Å²) in [5, 5.41) is 2.71. The number of anilines is 1. The van der Waals surface area contributed by atoms with Gasteiger partial charge >= 0.3 is 0 Å². The molecule has 0 bridgehead atoms. The van der Waals surface area contributed by atoms with E-state index < -0.39 is 0 Å². The third-order valence-corrected chi connectivity index (χ3v) is 4.42. The maximum absolute atomic E-state index is 12.1. The van der Waals surface area contributed by atoms with Gasteiger partial charge in [0, 0.05) is 18.4 Å². The van der Waals surface area contributed by atoms with Crippen LogP contribution < -0.4 is 4.90 Å². The van der Waals surface area contributed by atoms with Crippen LogP contribution in [0.3, 0.4) is 0 Å². The number of thiol groups is 1. The third-order valence-electron chi connectivity index (χ3n) is 3.59. The van der Waals surface area contributed by atoms with Gasteiger partial charge in [0.15, 0.2) is 0 Å². The Hall–Kier alpha value is -1.19. The van der Waals surface area contributed by atoms with Gasteiger partial charge in [0.2, 0.25) is 5.91 Å². The predicted molar refractivity (Wildman–Crippen MR) is 83.3 cm³/mol. The van der Waals surface area contributed by atoms with Gasteiger partial charge in [-0.15, -0.1) is 0 Å². The molecule has 0 N–H and O–H groups in total. The zero-order valence-electron chi connectivity index (χ0n) is 10.3. The number of halogens is 1. The van der Waals surface area contributed by atoms with Crippen molar-refractivity contribution >= 4 is 46.6 Å². The average Bonchev–Trinajstić information content (AvgIpc) is 2.80. The molecule has 3 rings (SSSR count). The van der Waals surface area contributed by atoms with Crippen LogP contribution in [0.4, 0.5) is 5.69 Å². The molecule has 1 heterocycles. The van der Waals surface area contributed by atoms with Crippen LogP contribution in [-0.4, -0.2) is 18.2 Å². The van der Waals surface area contributed by atoms with E-state index >= 15 is 0 Å². The summed E-state index contributed by atoms with van der Waals surface area (Å²) < 4.78 is 0. The minimum atomic E-state index is 0.159. The van der Waals surface area contributed by atoms with Crippen molar-refractivity contribution in [3.63, 3.8) is 0 Å². The second kappa shape index (κ2) is 5.06. The summed E-state index contributed by atoms with van der Waals surface area (Å²) in [7, 11) is 0. The lowest BCUT2D eigenvalue weighted by atomic mass is 10.1. The van der Waals surface area contributed by atoms with Crippen molar-refractivity contribution in [3.8, 4) is 0 Å². The first kappa shape index (κ1) is 12.8. The number of fused-ring (bicyclic) bond motifs is 1. The molecule has 19 heavy (non-hydrogen) atoms. The summed E-state index contributed by atoms with van der Waals surface area (Å²) in [5.41, 5.74) is 0.914. The fraction of sp³-hybridized carbons (Fsp3) is 0.267. The fourth-order valence-corrected chi connectivity index (χ4v) is 3.16. The predicted octanol–water partition coefficient (Wildman–Crippen LogP) is 3.78. The molecule has 2 aromatic carbocycles. The summed E-state index contributed by atoms with van der Waals surface area (Å²) in [6.07, 6.45) is 0.574. The van der Waals surface area contributed by atoms with E-state index in [1.165, 1.54) is 0 Å². The molecule has 0 radical (unpaired) electrons. The van der Waals surface area contributed by atoms with Gasteiger partial charge in [-0.1, -0.05) is 35.9 Å². The molecule has 0 aliphatic carbocycles. The van der Waals surface area contributed by atoms with Crippen molar-refractivity contribution < 1.29 is 4.79 Å². The molecular weight excluding hydrogens is 278 g/mol. The minimum Gasteiger partial charge on any atom is -0.311 e. The lowest BCUT2D eigenvalue weighted by molar-refractivity contribution is -0.117. The van der Waals surface area contributed by atoms with Gasteiger partial charge < -0.3 is 4.90 Å². The quantitative estimate of drug-likeness (QED) is 0.835. The van der Waals surface area contributed by atoms with Gasteiger partial charge in [-0.25, -0.2) is 0 Å². The van der Waals surface area contributed by atoms with Crippen molar-refractivity contribution in [1.29, 1.82) is 0 Å². The number of hydrogen-bond acceptors (Lipinski definition) is 2. The van der Waals surface area contributed by atoms with Crippen LogP contribution in [0.5, 0.6) is 0 Å². The number of hydrogen-bond donors (Lipinski definition) is 1. The standard InChI is InChI=1S/C15H14ClNOS/c16-12-5-1-3-11-4-2-6-13(15(11)12)17-8-10(9-19)7-14(17)18/h1-6,10,19H,7-9H2. The highest BCUT2D eigenvalue weighted by Crippen LogP contribution is 2.35. The Morgan fingerprint density at radius 2 is 2.00 bits per heavy atom. The molecule has 1 aliphatic heterocycles. The number of carbonyl (C=O) groups excluding carboxylic acids is 1. The molecule has 1 unspecified atom stereocenters. The summed E-state index contributed by atoms with van der Waals surface area (Å²) in [6, 6.07) is 11.8. The second-order valence-electron chi connectivity index (χ2n) is 4.87. The molecule has 2 aromatic rings. The number of nitrogens with zero attached hydrogens (tertiary/aromatic N) is 1. The first-order chi connectivity index (χ1) is 9.20. The maximum Gasteiger partial charge on any atom is 0.227 e. The molecule has 1 fully saturated rings. The highest BCUT2D eigenvalue weighted by molar-refractivity contribution is 7.80. The van der Waals surface area contributed by atoms with E-state index in [2.05, 4.69) is 12.6 Å². The van der Waals surface area contributed by atoms with E-state index in [0.717, 1.165) is 28.8 Å². The van der Waals surface area contributed by atoms with Gasteiger partial charge in [0.25, 0.3) is 0 Å². The van der Waals surface area contributed by atoms with Crippen molar-refractivity contribution in [2.24, 2.45) is 5.92 Å². The zero-order valence-corrected chi connectivity index (χ0v) is 12.0. The van der Waals surface area contributed by atoms with Crippen LogP contribution in [0.15, 0.2) is 36.4 Å². The normalized spacial score (nSPS) is 19.4. The van der Waals surface area contributed by atoms with Crippen molar-refractivity contribution in [2.45, 2.75) is 6.42 Å². The molecule has 1 amide bonds. The van der Waals surface area contributed by atoms with Crippen LogP contribution in [0.2, 0.25) is 5.02 Å². The van der Waals surface area contributed by atoms with E-state index in [1.807, 2.05) is 41.3 Å². The van der Waals surface area contributed by atoms with Gasteiger partial charge in [-0.3, -0.25) is 4.79 Å². The largest absolute Gasteiger partial charge is 0.311 e.